The van der Waals surface area contributed by atoms with Crippen LogP contribution in [0.2, 0.25) is 0 Å². The van der Waals surface area contributed by atoms with Gasteiger partial charge in [0.05, 0.1) is 13.2 Å². The standard InChI is InChI=1S/C15H20BrN3O/c1-3-8-20-14-5-4-13(16)9-12(14)10-17-11-15-18-6-7-19(15)2/h4-7,9,17H,3,8,10-11H2,1-2H3. The highest BCUT2D eigenvalue weighted by Crippen LogP contribution is 2.23. The van der Waals surface area contributed by atoms with Crippen LogP contribution in [0.1, 0.15) is 24.7 Å². The van der Waals surface area contributed by atoms with Crippen LogP contribution in [0.25, 0.3) is 0 Å². The van der Waals surface area contributed by atoms with E-state index >= 15 is 0 Å². The SMILES string of the molecule is CCCOc1ccc(Br)cc1CNCc1nccn1C. The first-order valence-electron chi connectivity index (χ1n) is 6.79. The molecule has 0 radical (unpaired) electrons. The minimum atomic E-state index is 0.739. The highest BCUT2D eigenvalue weighted by Gasteiger charge is 2.05. The molecule has 0 unspecified atom stereocenters. The average Bonchev–Trinajstić information content (AvgIpc) is 2.84. The van der Waals surface area contributed by atoms with Gasteiger partial charge in [-0.1, -0.05) is 22.9 Å². The van der Waals surface area contributed by atoms with E-state index in [9.17, 15) is 0 Å². The number of halogens is 1. The summed E-state index contributed by atoms with van der Waals surface area (Å²) in [4.78, 5) is 4.30. The zero-order valence-corrected chi connectivity index (χ0v) is 13.5. The van der Waals surface area contributed by atoms with Gasteiger partial charge in [-0.15, -0.1) is 0 Å². The molecule has 0 aliphatic rings. The molecule has 4 nitrogen and oxygen atoms in total. The number of nitrogens with one attached hydrogen (secondary N) is 1. The fourth-order valence-electron chi connectivity index (χ4n) is 1.91. The molecule has 0 fully saturated rings. The molecule has 0 spiro atoms. The van der Waals surface area contributed by atoms with Crippen molar-refractivity contribution in [1.82, 2.24) is 14.9 Å². The molecule has 0 saturated heterocycles. The van der Waals surface area contributed by atoms with E-state index in [1.807, 2.05) is 36.1 Å². The predicted molar refractivity (Wildman–Crippen MR) is 83.7 cm³/mol. The molecule has 1 heterocycles. The topological polar surface area (TPSA) is 39.1 Å². The van der Waals surface area contributed by atoms with Crippen LogP contribution in [0.5, 0.6) is 5.75 Å². The minimum absolute atomic E-state index is 0.739. The molecule has 5 heteroatoms. The normalized spacial score (nSPS) is 10.8. The Kier molecular flexibility index (Phi) is 5.61. The van der Waals surface area contributed by atoms with Gasteiger partial charge in [-0.05, 0) is 24.6 Å². The van der Waals surface area contributed by atoms with Gasteiger partial charge in [0.1, 0.15) is 11.6 Å². The van der Waals surface area contributed by atoms with E-state index in [0.29, 0.717) is 0 Å². The summed E-state index contributed by atoms with van der Waals surface area (Å²) in [7, 11) is 2.00. The van der Waals surface area contributed by atoms with Gasteiger partial charge in [0.25, 0.3) is 0 Å². The Morgan fingerprint density at radius 2 is 2.20 bits per heavy atom. The summed E-state index contributed by atoms with van der Waals surface area (Å²) in [5, 5.41) is 3.40. The first kappa shape index (κ1) is 15.1. The van der Waals surface area contributed by atoms with Crippen molar-refractivity contribution in [3.63, 3.8) is 0 Å². The van der Waals surface area contributed by atoms with Crippen molar-refractivity contribution < 1.29 is 4.74 Å². The highest BCUT2D eigenvalue weighted by atomic mass is 79.9. The number of aromatic nitrogens is 2. The summed E-state index contributed by atoms with van der Waals surface area (Å²) in [6.07, 6.45) is 4.77. The minimum Gasteiger partial charge on any atom is -0.493 e. The molecule has 1 aromatic heterocycles. The van der Waals surface area contributed by atoms with Crippen molar-refractivity contribution in [3.8, 4) is 5.75 Å². The van der Waals surface area contributed by atoms with Crippen LogP contribution in [0.4, 0.5) is 0 Å². The number of ether oxygens (including phenoxy) is 1. The van der Waals surface area contributed by atoms with Crippen LogP contribution < -0.4 is 10.1 Å². The van der Waals surface area contributed by atoms with Crippen LogP contribution in [-0.4, -0.2) is 16.2 Å². The van der Waals surface area contributed by atoms with Gasteiger partial charge in [-0.25, -0.2) is 4.98 Å². The largest absolute Gasteiger partial charge is 0.493 e. The van der Waals surface area contributed by atoms with Gasteiger partial charge in [-0.2, -0.15) is 0 Å². The summed E-state index contributed by atoms with van der Waals surface area (Å²) in [5.41, 5.74) is 1.15. The predicted octanol–water partition coefficient (Wildman–Crippen LogP) is 3.26. The Hall–Kier alpha value is -1.33. The van der Waals surface area contributed by atoms with E-state index < -0.39 is 0 Å². The molecule has 1 aromatic carbocycles. The Morgan fingerprint density at radius 1 is 1.35 bits per heavy atom. The smallest absolute Gasteiger partial charge is 0.123 e. The lowest BCUT2D eigenvalue weighted by Crippen LogP contribution is -2.16. The molecular formula is C15H20BrN3O. The molecule has 1 N–H and O–H groups in total. The van der Waals surface area contributed by atoms with Gasteiger partial charge in [0.2, 0.25) is 0 Å². The molecule has 0 atom stereocenters. The number of hydrogen-bond donors (Lipinski definition) is 1. The quantitative estimate of drug-likeness (QED) is 0.842. The maximum atomic E-state index is 5.77. The molecule has 0 saturated carbocycles. The highest BCUT2D eigenvalue weighted by molar-refractivity contribution is 9.10. The van der Waals surface area contributed by atoms with E-state index in [2.05, 4.69) is 39.2 Å². The summed E-state index contributed by atoms with van der Waals surface area (Å²) < 4.78 is 8.85. The van der Waals surface area contributed by atoms with Gasteiger partial charge in [0, 0.05) is 36.0 Å². The van der Waals surface area contributed by atoms with E-state index in [0.717, 1.165) is 47.7 Å². The third-order valence-electron chi connectivity index (χ3n) is 3.00. The van der Waals surface area contributed by atoms with Gasteiger partial charge >= 0.3 is 0 Å². The van der Waals surface area contributed by atoms with Crippen molar-refractivity contribution in [2.24, 2.45) is 7.05 Å². The fraction of sp³-hybridized carbons (Fsp3) is 0.400. The lowest BCUT2D eigenvalue weighted by Gasteiger charge is -2.12. The Labute approximate surface area is 128 Å². The lowest BCUT2D eigenvalue weighted by molar-refractivity contribution is 0.313. The van der Waals surface area contributed by atoms with Crippen molar-refractivity contribution in [2.45, 2.75) is 26.4 Å². The molecule has 20 heavy (non-hydrogen) atoms. The maximum Gasteiger partial charge on any atom is 0.123 e. The number of rotatable bonds is 7. The molecule has 0 amide bonds. The van der Waals surface area contributed by atoms with Crippen LogP contribution in [-0.2, 0) is 20.1 Å². The Morgan fingerprint density at radius 3 is 2.90 bits per heavy atom. The molecule has 108 valence electrons. The summed E-state index contributed by atoms with van der Waals surface area (Å²) in [6, 6.07) is 6.11. The molecule has 2 aromatic rings. The van der Waals surface area contributed by atoms with E-state index in [-0.39, 0.29) is 0 Å². The zero-order valence-electron chi connectivity index (χ0n) is 11.9. The number of benzene rings is 1. The summed E-state index contributed by atoms with van der Waals surface area (Å²) in [5.74, 6) is 1.97. The third kappa shape index (κ3) is 4.08. The zero-order chi connectivity index (χ0) is 14.4. The van der Waals surface area contributed by atoms with Gasteiger partial charge in [0.15, 0.2) is 0 Å². The summed E-state index contributed by atoms with van der Waals surface area (Å²) in [6.45, 7) is 4.35. The van der Waals surface area contributed by atoms with Crippen molar-refractivity contribution in [3.05, 3.63) is 46.5 Å². The van der Waals surface area contributed by atoms with Crippen molar-refractivity contribution >= 4 is 15.9 Å². The van der Waals surface area contributed by atoms with Gasteiger partial charge < -0.3 is 14.6 Å². The average molecular weight is 338 g/mol. The number of imidazole rings is 1. The second-order valence-corrected chi connectivity index (χ2v) is 5.57. The number of aryl methyl sites for hydroxylation is 1. The molecule has 2 rings (SSSR count). The van der Waals surface area contributed by atoms with Crippen LogP contribution in [0.3, 0.4) is 0 Å². The van der Waals surface area contributed by atoms with E-state index in [4.69, 9.17) is 4.74 Å². The number of hydrogen-bond acceptors (Lipinski definition) is 3. The van der Waals surface area contributed by atoms with Gasteiger partial charge in [-0.3, -0.25) is 0 Å². The lowest BCUT2D eigenvalue weighted by atomic mass is 10.2. The second-order valence-electron chi connectivity index (χ2n) is 4.66. The van der Waals surface area contributed by atoms with Crippen LogP contribution >= 0.6 is 15.9 Å². The van der Waals surface area contributed by atoms with E-state index in [1.54, 1.807) is 0 Å². The Balaban J connectivity index is 1.97. The second kappa shape index (κ2) is 7.45. The first-order chi connectivity index (χ1) is 9.70. The van der Waals surface area contributed by atoms with E-state index in [1.165, 1.54) is 0 Å². The summed E-state index contributed by atoms with van der Waals surface area (Å²) >= 11 is 3.51. The maximum absolute atomic E-state index is 5.77. The van der Waals surface area contributed by atoms with Crippen LogP contribution in [0, 0.1) is 0 Å². The first-order valence-corrected chi connectivity index (χ1v) is 7.58. The Bertz CT molecular complexity index is 554. The monoisotopic (exact) mass is 337 g/mol. The third-order valence-corrected chi connectivity index (χ3v) is 3.50. The van der Waals surface area contributed by atoms with Crippen molar-refractivity contribution in [1.29, 1.82) is 0 Å². The molecular weight excluding hydrogens is 318 g/mol. The molecule has 0 aliphatic carbocycles. The van der Waals surface area contributed by atoms with Crippen molar-refractivity contribution in [2.75, 3.05) is 6.61 Å². The number of nitrogens with zero attached hydrogens (tertiary/aromatic N) is 2. The molecule has 0 aliphatic heterocycles. The molecule has 0 bridgehead atoms. The fourth-order valence-corrected chi connectivity index (χ4v) is 2.32. The van der Waals surface area contributed by atoms with Crippen LogP contribution in [0.15, 0.2) is 35.1 Å².